The van der Waals surface area contributed by atoms with Crippen molar-refractivity contribution in [1.82, 2.24) is 4.31 Å². The topological polar surface area (TPSA) is 122 Å². The quantitative estimate of drug-likeness (QED) is 0.461. The lowest BCUT2D eigenvalue weighted by Crippen LogP contribution is -2.30. The van der Waals surface area contributed by atoms with Crippen LogP contribution in [0, 0.1) is 24.0 Å². The SMILES string of the molecule is CCN(CC)S(=O)(=O)c1ccc(C)c(NC(=O)CNc2cc([N+](=O)[O-])ccc2C)c1. The van der Waals surface area contributed by atoms with Crippen LogP contribution in [0.1, 0.15) is 25.0 Å². The van der Waals surface area contributed by atoms with Crippen molar-refractivity contribution in [3.63, 3.8) is 0 Å². The zero-order valence-corrected chi connectivity index (χ0v) is 18.2. The number of hydrogen-bond donors (Lipinski definition) is 2. The second-order valence-corrected chi connectivity index (χ2v) is 8.66. The van der Waals surface area contributed by atoms with Crippen molar-refractivity contribution in [2.24, 2.45) is 0 Å². The third-order valence-electron chi connectivity index (χ3n) is 4.70. The molecule has 0 bridgehead atoms. The molecular weight excluding hydrogens is 408 g/mol. The molecule has 2 aromatic rings. The Hall–Kier alpha value is -2.98. The van der Waals surface area contributed by atoms with E-state index in [0.717, 1.165) is 5.56 Å². The number of non-ortho nitro benzene ring substituents is 1. The van der Waals surface area contributed by atoms with Gasteiger partial charge in [0.1, 0.15) is 0 Å². The van der Waals surface area contributed by atoms with E-state index in [2.05, 4.69) is 10.6 Å². The Balaban J connectivity index is 2.16. The Labute approximate surface area is 176 Å². The maximum absolute atomic E-state index is 12.7. The number of nitrogens with zero attached hydrogens (tertiary/aromatic N) is 2. The molecule has 2 rings (SSSR count). The molecule has 2 N–H and O–H groups in total. The molecule has 10 heteroatoms. The van der Waals surface area contributed by atoms with Gasteiger partial charge in [-0.05, 0) is 37.1 Å². The first-order valence-corrected chi connectivity index (χ1v) is 10.9. The van der Waals surface area contributed by atoms with E-state index in [9.17, 15) is 23.3 Å². The number of anilines is 2. The monoisotopic (exact) mass is 434 g/mol. The van der Waals surface area contributed by atoms with Crippen molar-refractivity contribution in [3.05, 3.63) is 57.6 Å². The third-order valence-corrected chi connectivity index (χ3v) is 6.74. The van der Waals surface area contributed by atoms with Gasteiger partial charge < -0.3 is 10.6 Å². The molecule has 0 aliphatic rings. The molecule has 0 atom stereocenters. The van der Waals surface area contributed by atoms with Crippen molar-refractivity contribution >= 4 is 33.0 Å². The number of nitro benzene ring substituents is 1. The summed E-state index contributed by atoms with van der Waals surface area (Å²) in [5.74, 6) is -0.401. The Morgan fingerprint density at radius 2 is 1.63 bits per heavy atom. The van der Waals surface area contributed by atoms with Crippen molar-refractivity contribution in [2.75, 3.05) is 30.3 Å². The summed E-state index contributed by atoms with van der Waals surface area (Å²) in [7, 11) is -3.65. The van der Waals surface area contributed by atoms with Crippen LogP contribution in [0.15, 0.2) is 41.3 Å². The molecule has 0 heterocycles. The number of amides is 1. The number of rotatable bonds is 9. The van der Waals surface area contributed by atoms with E-state index in [4.69, 9.17) is 0 Å². The van der Waals surface area contributed by atoms with Crippen LogP contribution in [0.5, 0.6) is 0 Å². The first-order chi connectivity index (χ1) is 14.1. The molecule has 1 amide bonds. The van der Waals surface area contributed by atoms with Crippen molar-refractivity contribution in [1.29, 1.82) is 0 Å². The van der Waals surface area contributed by atoms with Gasteiger partial charge in [-0.1, -0.05) is 26.0 Å². The van der Waals surface area contributed by atoms with E-state index in [-0.39, 0.29) is 17.1 Å². The van der Waals surface area contributed by atoms with Crippen molar-refractivity contribution in [2.45, 2.75) is 32.6 Å². The van der Waals surface area contributed by atoms with Gasteiger partial charge in [0.15, 0.2) is 0 Å². The Morgan fingerprint density at radius 1 is 1.03 bits per heavy atom. The molecule has 0 aliphatic heterocycles. The highest BCUT2D eigenvalue weighted by Crippen LogP contribution is 2.24. The highest BCUT2D eigenvalue weighted by atomic mass is 32.2. The average molecular weight is 435 g/mol. The minimum absolute atomic E-state index is 0.0753. The van der Waals surface area contributed by atoms with Crippen LogP contribution in [0.3, 0.4) is 0 Å². The molecule has 162 valence electrons. The molecule has 9 nitrogen and oxygen atoms in total. The predicted octanol–water partition coefficient (Wildman–Crippen LogP) is 3.29. The zero-order chi connectivity index (χ0) is 22.5. The molecule has 0 spiro atoms. The van der Waals surface area contributed by atoms with Gasteiger partial charge in [0, 0.05) is 36.6 Å². The van der Waals surface area contributed by atoms with E-state index in [1.165, 1.54) is 28.6 Å². The van der Waals surface area contributed by atoms with Gasteiger partial charge in [0.05, 0.1) is 16.4 Å². The largest absolute Gasteiger partial charge is 0.376 e. The highest BCUT2D eigenvalue weighted by Gasteiger charge is 2.22. The van der Waals surface area contributed by atoms with Crippen LogP contribution in [-0.2, 0) is 14.8 Å². The fraction of sp³-hybridized carbons (Fsp3) is 0.350. The van der Waals surface area contributed by atoms with Gasteiger partial charge in [-0.15, -0.1) is 0 Å². The minimum atomic E-state index is -3.65. The van der Waals surface area contributed by atoms with Crippen molar-refractivity contribution in [3.8, 4) is 0 Å². The first-order valence-electron chi connectivity index (χ1n) is 9.49. The summed E-state index contributed by atoms with van der Waals surface area (Å²) in [5.41, 5.74) is 2.28. The molecule has 0 aliphatic carbocycles. The van der Waals surface area contributed by atoms with Crippen LogP contribution >= 0.6 is 0 Å². The lowest BCUT2D eigenvalue weighted by atomic mass is 10.2. The van der Waals surface area contributed by atoms with Crippen molar-refractivity contribution < 1.29 is 18.1 Å². The van der Waals surface area contributed by atoms with E-state index < -0.39 is 20.9 Å². The molecule has 0 unspecified atom stereocenters. The predicted molar refractivity (Wildman–Crippen MR) is 116 cm³/mol. The maximum Gasteiger partial charge on any atom is 0.271 e. The fourth-order valence-electron chi connectivity index (χ4n) is 2.89. The summed E-state index contributed by atoms with van der Waals surface area (Å²) < 4.78 is 26.8. The van der Waals surface area contributed by atoms with E-state index >= 15 is 0 Å². The van der Waals surface area contributed by atoms with Crippen LogP contribution in [-0.4, -0.2) is 43.2 Å². The van der Waals surface area contributed by atoms with Crippen LogP contribution in [0.2, 0.25) is 0 Å². The number of nitro groups is 1. The molecule has 2 aromatic carbocycles. The first kappa shape index (κ1) is 23.3. The number of carbonyl (C=O) groups is 1. The Morgan fingerprint density at radius 3 is 2.23 bits per heavy atom. The second kappa shape index (κ2) is 9.68. The summed E-state index contributed by atoms with van der Waals surface area (Å²) in [6.07, 6.45) is 0. The summed E-state index contributed by atoms with van der Waals surface area (Å²) in [6, 6.07) is 8.97. The molecule has 0 saturated carbocycles. The molecule has 0 fully saturated rings. The summed E-state index contributed by atoms with van der Waals surface area (Å²) in [5, 5.41) is 16.5. The Bertz CT molecular complexity index is 1050. The van der Waals surface area contributed by atoms with Gasteiger partial charge in [0.2, 0.25) is 15.9 Å². The lowest BCUT2D eigenvalue weighted by Gasteiger charge is -2.19. The number of hydrogen-bond acceptors (Lipinski definition) is 6. The normalized spacial score (nSPS) is 11.4. The smallest absolute Gasteiger partial charge is 0.271 e. The van der Waals surface area contributed by atoms with Crippen LogP contribution in [0.4, 0.5) is 17.1 Å². The summed E-state index contributed by atoms with van der Waals surface area (Å²) in [4.78, 5) is 22.9. The van der Waals surface area contributed by atoms with Gasteiger partial charge in [0.25, 0.3) is 5.69 Å². The number of aryl methyl sites for hydroxylation is 2. The molecule has 30 heavy (non-hydrogen) atoms. The number of carbonyl (C=O) groups excluding carboxylic acids is 1. The number of nitrogens with one attached hydrogen (secondary N) is 2. The number of benzene rings is 2. The highest BCUT2D eigenvalue weighted by molar-refractivity contribution is 7.89. The second-order valence-electron chi connectivity index (χ2n) is 6.72. The minimum Gasteiger partial charge on any atom is -0.376 e. The molecule has 0 saturated heterocycles. The van der Waals surface area contributed by atoms with E-state index in [0.29, 0.717) is 30.0 Å². The van der Waals surface area contributed by atoms with Gasteiger partial charge in [-0.2, -0.15) is 4.31 Å². The third kappa shape index (κ3) is 5.33. The maximum atomic E-state index is 12.7. The Kier molecular flexibility index (Phi) is 7.52. The van der Waals surface area contributed by atoms with Crippen LogP contribution < -0.4 is 10.6 Å². The van der Waals surface area contributed by atoms with Gasteiger partial charge in [-0.25, -0.2) is 8.42 Å². The summed E-state index contributed by atoms with van der Waals surface area (Å²) >= 11 is 0. The molecular formula is C20H26N4O5S. The fourth-order valence-corrected chi connectivity index (χ4v) is 4.38. The molecule has 0 radical (unpaired) electrons. The standard InChI is InChI=1S/C20H26N4O5S/c1-5-23(6-2)30(28,29)17-10-8-15(4)19(12-17)22-20(25)13-21-18-11-16(24(26)27)9-7-14(18)3/h7-12,21H,5-6,13H2,1-4H3,(H,22,25). The van der Waals surface area contributed by atoms with Gasteiger partial charge >= 0.3 is 0 Å². The number of sulfonamides is 1. The average Bonchev–Trinajstić information content (AvgIpc) is 2.69. The summed E-state index contributed by atoms with van der Waals surface area (Å²) in [6.45, 7) is 7.63. The van der Waals surface area contributed by atoms with Gasteiger partial charge in [-0.3, -0.25) is 14.9 Å². The lowest BCUT2D eigenvalue weighted by molar-refractivity contribution is -0.384. The van der Waals surface area contributed by atoms with E-state index in [1.807, 2.05) is 0 Å². The molecule has 0 aromatic heterocycles. The van der Waals surface area contributed by atoms with E-state index in [1.54, 1.807) is 39.8 Å². The van der Waals surface area contributed by atoms with Crippen LogP contribution in [0.25, 0.3) is 0 Å². The zero-order valence-electron chi connectivity index (χ0n) is 17.4.